The van der Waals surface area contributed by atoms with Crippen LogP contribution in [-0.2, 0) is 16.8 Å². The molecule has 0 aromatic carbocycles. The van der Waals surface area contributed by atoms with Gasteiger partial charge in [0, 0.05) is 19.5 Å². The third kappa shape index (κ3) is 3.03. The maximum atomic E-state index is 11.2. The number of rotatable bonds is 4. The van der Waals surface area contributed by atoms with E-state index in [1.807, 2.05) is 0 Å². The lowest BCUT2D eigenvalue weighted by molar-refractivity contribution is 0.505. The zero-order chi connectivity index (χ0) is 9.90. The van der Waals surface area contributed by atoms with Gasteiger partial charge in [-0.15, -0.1) is 11.3 Å². The Balaban J connectivity index is 2.53. The molecule has 1 aromatic rings. The SMILES string of the molecule is CN(C)S(=O)(=O)NCc1cscn1. The lowest BCUT2D eigenvalue weighted by atomic mass is 10.5. The first kappa shape index (κ1) is 10.6. The zero-order valence-corrected chi connectivity index (χ0v) is 9.02. The normalized spacial score (nSPS) is 12.2. The molecular weight excluding hydrogens is 210 g/mol. The van der Waals surface area contributed by atoms with Crippen molar-refractivity contribution in [2.24, 2.45) is 0 Å². The number of nitrogens with zero attached hydrogens (tertiary/aromatic N) is 2. The van der Waals surface area contributed by atoms with E-state index in [2.05, 4.69) is 9.71 Å². The largest absolute Gasteiger partial charge is 0.279 e. The average molecular weight is 221 g/mol. The van der Waals surface area contributed by atoms with E-state index in [-0.39, 0.29) is 6.54 Å². The minimum atomic E-state index is -3.33. The minimum absolute atomic E-state index is 0.240. The van der Waals surface area contributed by atoms with E-state index in [1.54, 1.807) is 10.9 Å². The highest BCUT2D eigenvalue weighted by atomic mass is 32.2. The van der Waals surface area contributed by atoms with E-state index >= 15 is 0 Å². The summed E-state index contributed by atoms with van der Waals surface area (Å²) in [5.74, 6) is 0. The van der Waals surface area contributed by atoms with Crippen LogP contribution in [0.3, 0.4) is 0 Å². The highest BCUT2D eigenvalue weighted by molar-refractivity contribution is 7.87. The van der Waals surface area contributed by atoms with Gasteiger partial charge in [-0.1, -0.05) is 0 Å². The molecule has 0 aliphatic carbocycles. The number of nitrogens with one attached hydrogen (secondary N) is 1. The van der Waals surface area contributed by atoms with E-state index in [4.69, 9.17) is 0 Å². The molecular formula is C6H11N3O2S2. The van der Waals surface area contributed by atoms with Crippen molar-refractivity contribution < 1.29 is 8.42 Å². The average Bonchev–Trinajstić information content (AvgIpc) is 2.52. The van der Waals surface area contributed by atoms with Crippen molar-refractivity contribution in [1.82, 2.24) is 14.0 Å². The van der Waals surface area contributed by atoms with Gasteiger partial charge >= 0.3 is 0 Å². The van der Waals surface area contributed by atoms with Gasteiger partial charge in [0.15, 0.2) is 0 Å². The van der Waals surface area contributed by atoms with Gasteiger partial charge in [-0.05, 0) is 0 Å². The number of hydrogen-bond acceptors (Lipinski definition) is 4. The topological polar surface area (TPSA) is 62.3 Å². The minimum Gasteiger partial charge on any atom is -0.248 e. The van der Waals surface area contributed by atoms with Gasteiger partial charge in [-0.2, -0.15) is 17.4 Å². The van der Waals surface area contributed by atoms with Crippen molar-refractivity contribution in [3.63, 3.8) is 0 Å². The van der Waals surface area contributed by atoms with Crippen LogP contribution in [0, 0.1) is 0 Å². The molecule has 1 rings (SSSR count). The summed E-state index contributed by atoms with van der Waals surface area (Å²) >= 11 is 1.44. The van der Waals surface area contributed by atoms with Crippen LogP contribution in [0.4, 0.5) is 0 Å². The molecule has 1 N–H and O–H groups in total. The monoisotopic (exact) mass is 221 g/mol. The van der Waals surface area contributed by atoms with Gasteiger partial charge < -0.3 is 0 Å². The third-order valence-corrected chi connectivity index (χ3v) is 3.51. The van der Waals surface area contributed by atoms with Crippen LogP contribution in [0.25, 0.3) is 0 Å². The maximum Gasteiger partial charge on any atom is 0.279 e. The highest BCUT2D eigenvalue weighted by Gasteiger charge is 2.12. The molecule has 7 heteroatoms. The summed E-state index contributed by atoms with van der Waals surface area (Å²) in [5, 5.41) is 1.80. The Morgan fingerprint density at radius 3 is 2.77 bits per heavy atom. The van der Waals surface area contributed by atoms with Crippen LogP contribution in [-0.4, -0.2) is 31.8 Å². The molecule has 0 atom stereocenters. The lowest BCUT2D eigenvalue weighted by Gasteiger charge is -2.10. The molecule has 0 saturated carbocycles. The van der Waals surface area contributed by atoms with Crippen molar-refractivity contribution in [2.45, 2.75) is 6.54 Å². The lowest BCUT2D eigenvalue weighted by Crippen LogP contribution is -2.35. The van der Waals surface area contributed by atoms with Crippen LogP contribution in [0.1, 0.15) is 5.69 Å². The molecule has 0 radical (unpaired) electrons. The summed E-state index contributed by atoms with van der Waals surface area (Å²) in [6.07, 6.45) is 0. The molecule has 0 spiro atoms. The highest BCUT2D eigenvalue weighted by Crippen LogP contribution is 2.01. The van der Waals surface area contributed by atoms with Gasteiger partial charge in [-0.3, -0.25) is 0 Å². The molecule has 0 amide bonds. The van der Waals surface area contributed by atoms with Crippen molar-refractivity contribution in [3.8, 4) is 0 Å². The summed E-state index contributed by atoms with van der Waals surface area (Å²) in [4.78, 5) is 3.95. The third-order valence-electron chi connectivity index (χ3n) is 1.40. The molecule has 0 unspecified atom stereocenters. The molecule has 0 saturated heterocycles. The fourth-order valence-electron chi connectivity index (χ4n) is 0.619. The van der Waals surface area contributed by atoms with Crippen LogP contribution < -0.4 is 4.72 Å². The molecule has 5 nitrogen and oxygen atoms in total. The van der Waals surface area contributed by atoms with Crippen LogP contribution in [0.15, 0.2) is 10.9 Å². The molecule has 74 valence electrons. The number of hydrogen-bond donors (Lipinski definition) is 1. The standard InChI is InChI=1S/C6H11N3O2S2/c1-9(2)13(10,11)8-3-6-4-12-5-7-6/h4-5,8H,3H2,1-2H3. The Labute approximate surface area is 81.6 Å². The van der Waals surface area contributed by atoms with Crippen LogP contribution in [0.2, 0.25) is 0 Å². The first-order valence-corrected chi connectivity index (χ1v) is 5.95. The second-order valence-corrected chi connectivity index (χ2v) is 5.28. The van der Waals surface area contributed by atoms with Gasteiger partial charge in [0.25, 0.3) is 10.2 Å². The van der Waals surface area contributed by atoms with E-state index in [9.17, 15) is 8.42 Å². The van der Waals surface area contributed by atoms with E-state index < -0.39 is 10.2 Å². The molecule has 13 heavy (non-hydrogen) atoms. The van der Waals surface area contributed by atoms with Crippen LogP contribution in [0.5, 0.6) is 0 Å². The molecule has 0 aliphatic heterocycles. The second kappa shape index (κ2) is 4.14. The predicted molar refractivity (Wildman–Crippen MR) is 51.6 cm³/mol. The summed E-state index contributed by atoms with van der Waals surface area (Å²) in [6.45, 7) is 0.240. The summed E-state index contributed by atoms with van der Waals surface area (Å²) in [7, 11) is -0.375. The summed E-state index contributed by atoms with van der Waals surface area (Å²) in [6, 6.07) is 0. The van der Waals surface area contributed by atoms with Gasteiger partial charge in [0.1, 0.15) is 0 Å². The van der Waals surface area contributed by atoms with Gasteiger partial charge in [0.2, 0.25) is 0 Å². The Morgan fingerprint density at radius 2 is 2.31 bits per heavy atom. The maximum absolute atomic E-state index is 11.2. The molecule has 0 aliphatic rings. The van der Waals surface area contributed by atoms with Gasteiger partial charge in [-0.25, -0.2) is 4.98 Å². The predicted octanol–water partition coefficient (Wildman–Crippen LogP) is 0.0391. The number of aromatic nitrogens is 1. The fraction of sp³-hybridized carbons (Fsp3) is 0.500. The fourth-order valence-corrected chi connectivity index (χ4v) is 1.77. The zero-order valence-electron chi connectivity index (χ0n) is 7.39. The quantitative estimate of drug-likeness (QED) is 0.781. The van der Waals surface area contributed by atoms with Crippen LogP contribution >= 0.6 is 11.3 Å². The molecule has 0 bridgehead atoms. The molecule has 1 heterocycles. The molecule has 0 fully saturated rings. The Bertz CT molecular complexity index is 344. The Morgan fingerprint density at radius 1 is 1.62 bits per heavy atom. The molecule has 1 aromatic heterocycles. The van der Waals surface area contributed by atoms with E-state index in [0.29, 0.717) is 0 Å². The van der Waals surface area contributed by atoms with Gasteiger partial charge in [0.05, 0.1) is 17.7 Å². The van der Waals surface area contributed by atoms with Crippen molar-refractivity contribution in [2.75, 3.05) is 14.1 Å². The Hall–Kier alpha value is -0.500. The second-order valence-electron chi connectivity index (χ2n) is 2.59. The Kier molecular flexibility index (Phi) is 3.37. The smallest absolute Gasteiger partial charge is 0.248 e. The van der Waals surface area contributed by atoms with Crippen molar-refractivity contribution in [1.29, 1.82) is 0 Å². The summed E-state index contributed by atoms with van der Waals surface area (Å²) in [5.41, 5.74) is 2.40. The van der Waals surface area contributed by atoms with Crippen molar-refractivity contribution in [3.05, 3.63) is 16.6 Å². The summed E-state index contributed by atoms with van der Waals surface area (Å²) < 4.78 is 26.0. The first-order chi connectivity index (χ1) is 6.02. The number of thiazole rings is 1. The van der Waals surface area contributed by atoms with Crippen molar-refractivity contribution >= 4 is 21.5 Å². The van der Waals surface area contributed by atoms with E-state index in [1.165, 1.54) is 25.4 Å². The van der Waals surface area contributed by atoms with E-state index in [0.717, 1.165) is 10.00 Å². The first-order valence-electron chi connectivity index (χ1n) is 3.56.